The number of halogens is 1. The molecule has 0 amide bonds. The van der Waals surface area contributed by atoms with Crippen molar-refractivity contribution < 1.29 is 19.1 Å². The summed E-state index contributed by atoms with van der Waals surface area (Å²) in [6.45, 7) is 7.09. The molecule has 0 aliphatic heterocycles. The van der Waals surface area contributed by atoms with Crippen molar-refractivity contribution in [1.29, 1.82) is 0 Å². The number of carbonyl (C=O) groups excluding carboxylic acids is 3. The maximum atomic E-state index is 12.7. The van der Waals surface area contributed by atoms with E-state index in [-0.39, 0.29) is 22.0 Å². The molecule has 28 heavy (non-hydrogen) atoms. The zero-order valence-electron chi connectivity index (χ0n) is 15.9. The number of pyridine rings is 1. The summed E-state index contributed by atoms with van der Waals surface area (Å²) in [6.07, 6.45) is 0. The molecule has 0 spiro atoms. The van der Waals surface area contributed by atoms with Crippen molar-refractivity contribution in [3.05, 3.63) is 69.6 Å². The molecule has 0 saturated heterocycles. The Hall–Kier alpha value is -2.99. The first-order chi connectivity index (χ1) is 13.1. The fraction of sp³-hybridized carbons (Fsp3) is 0.238. The number of aryl methyl sites for hydroxylation is 1. The maximum Gasteiger partial charge on any atom is 0.338 e. The molecule has 0 bridgehead atoms. The van der Waals surface area contributed by atoms with Crippen molar-refractivity contribution in [2.24, 2.45) is 0 Å². The average Bonchev–Trinajstić information content (AvgIpc) is 2.62. The van der Waals surface area contributed by atoms with E-state index in [1.165, 1.54) is 0 Å². The van der Waals surface area contributed by atoms with Gasteiger partial charge in [0.15, 0.2) is 0 Å². The van der Waals surface area contributed by atoms with Gasteiger partial charge in [0.25, 0.3) is 0 Å². The number of nitrogens with zero attached hydrogens (tertiary/aromatic N) is 1. The van der Waals surface area contributed by atoms with Crippen LogP contribution in [0.1, 0.15) is 57.7 Å². The standard InChI is InChI=1S/C21H19ClN2O4/c1-11-5-10-14-16(23-11)19(26)15(22)17(18(14)25)24-13-8-6-12(7-9-13)20(27)28-21(2,3)4/h5-10,24H,1-4H3. The lowest BCUT2D eigenvalue weighted by molar-refractivity contribution is 0.00694. The van der Waals surface area contributed by atoms with Crippen LogP contribution in [-0.4, -0.2) is 28.1 Å². The van der Waals surface area contributed by atoms with E-state index in [0.717, 1.165) is 0 Å². The van der Waals surface area contributed by atoms with Crippen LogP contribution in [0.15, 0.2) is 47.1 Å². The highest BCUT2D eigenvalue weighted by Gasteiger charge is 2.33. The molecular weight excluding hydrogens is 380 g/mol. The van der Waals surface area contributed by atoms with Crippen molar-refractivity contribution in [3.63, 3.8) is 0 Å². The first-order valence-electron chi connectivity index (χ1n) is 8.64. The molecule has 0 radical (unpaired) electrons. The van der Waals surface area contributed by atoms with Gasteiger partial charge in [-0.1, -0.05) is 11.6 Å². The quantitative estimate of drug-likeness (QED) is 0.776. The van der Waals surface area contributed by atoms with Gasteiger partial charge in [-0.15, -0.1) is 0 Å². The van der Waals surface area contributed by atoms with Crippen molar-refractivity contribution in [1.82, 2.24) is 4.98 Å². The lowest BCUT2D eigenvalue weighted by Gasteiger charge is -2.20. The van der Waals surface area contributed by atoms with Crippen molar-refractivity contribution >= 4 is 34.8 Å². The monoisotopic (exact) mass is 398 g/mol. The van der Waals surface area contributed by atoms with Crippen molar-refractivity contribution in [3.8, 4) is 0 Å². The number of esters is 1. The predicted octanol–water partition coefficient (Wildman–Crippen LogP) is 4.29. The number of hydrogen-bond acceptors (Lipinski definition) is 6. The van der Waals surface area contributed by atoms with Gasteiger partial charge in [0.2, 0.25) is 11.6 Å². The highest BCUT2D eigenvalue weighted by molar-refractivity contribution is 6.50. The zero-order chi connectivity index (χ0) is 20.6. The molecule has 7 heteroatoms. The van der Waals surface area contributed by atoms with E-state index in [2.05, 4.69) is 10.3 Å². The number of nitrogens with one attached hydrogen (secondary N) is 1. The van der Waals surface area contributed by atoms with Crippen LogP contribution >= 0.6 is 11.6 Å². The fourth-order valence-electron chi connectivity index (χ4n) is 2.65. The lowest BCUT2D eigenvalue weighted by Crippen LogP contribution is -2.25. The van der Waals surface area contributed by atoms with Crippen LogP contribution < -0.4 is 5.32 Å². The summed E-state index contributed by atoms with van der Waals surface area (Å²) in [6, 6.07) is 9.58. The largest absolute Gasteiger partial charge is 0.456 e. The minimum absolute atomic E-state index is 0.0187. The highest BCUT2D eigenvalue weighted by Crippen LogP contribution is 2.29. The van der Waals surface area contributed by atoms with Crippen LogP contribution in [0, 0.1) is 6.92 Å². The predicted molar refractivity (Wildman–Crippen MR) is 106 cm³/mol. The second-order valence-electron chi connectivity index (χ2n) is 7.40. The van der Waals surface area contributed by atoms with Crippen molar-refractivity contribution in [2.45, 2.75) is 33.3 Å². The first-order valence-corrected chi connectivity index (χ1v) is 9.02. The van der Waals surface area contributed by atoms with Gasteiger partial charge in [-0.05, 0) is 64.1 Å². The zero-order valence-corrected chi connectivity index (χ0v) is 16.7. The second kappa shape index (κ2) is 7.20. The highest BCUT2D eigenvalue weighted by atomic mass is 35.5. The summed E-state index contributed by atoms with van der Waals surface area (Å²) in [4.78, 5) is 41.5. The van der Waals surface area contributed by atoms with Crippen molar-refractivity contribution in [2.75, 3.05) is 5.32 Å². The lowest BCUT2D eigenvalue weighted by atomic mass is 9.96. The Morgan fingerprint density at radius 3 is 2.29 bits per heavy atom. The molecule has 0 fully saturated rings. The summed E-state index contributed by atoms with van der Waals surface area (Å²) >= 11 is 6.14. The van der Waals surface area contributed by atoms with E-state index in [9.17, 15) is 14.4 Å². The Bertz CT molecular complexity index is 1020. The molecule has 2 aromatic rings. The van der Waals surface area contributed by atoms with Crippen LogP contribution in [0.3, 0.4) is 0 Å². The number of ether oxygens (including phenoxy) is 1. The average molecular weight is 399 g/mol. The molecule has 0 unspecified atom stereocenters. The smallest absolute Gasteiger partial charge is 0.338 e. The number of ketones is 2. The number of carbonyl (C=O) groups is 3. The number of aromatic nitrogens is 1. The number of Topliss-reactive ketones (excluding diaryl/α,β-unsaturated/α-hetero) is 2. The van der Waals surface area contributed by atoms with E-state index >= 15 is 0 Å². The Labute approximate surface area is 167 Å². The molecule has 1 aliphatic rings. The van der Waals surface area contributed by atoms with Gasteiger partial charge in [-0.2, -0.15) is 0 Å². The van der Waals surface area contributed by atoms with Gasteiger partial charge in [0.05, 0.1) is 11.1 Å². The minimum atomic E-state index is -0.596. The van der Waals surface area contributed by atoms with E-state index in [1.807, 2.05) is 0 Å². The number of allylic oxidation sites excluding steroid dienone is 2. The molecule has 0 saturated carbocycles. The molecular formula is C21H19ClN2O4. The third kappa shape index (κ3) is 3.97. The Kier molecular flexibility index (Phi) is 5.08. The maximum absolute atomic E-state index is 12.7. The van der Waals surface area contributed by atoms with Gasteiger partial charge in [-0.3, -0.25) is 9.59 Å². The van der Waals surface area contributed by atoms with Gasteiger partial charge in [0.1, 0.15) is 22.0 Å². The molecule has 1 heterocycles. The van der Waals surface area contributed by atoms with Crippen LogP contribution in [0.25, 0.3) is 0 Å². The Morgan fingerprint density at radius 2 is 1.68 bits per heavy atom. The van der Waals surface area contributed by atoms with E-state index < -0.39 is 23.1 Å². The van der Waals surface area contributed by atoms with Crippen LogP contribution in [-0.2, 0) is 4.74 Å². The Balaban J connectivity index is 1.85. The van der Waals surface area contributed by atoms with Gasteiger partial charge in [-0.25, -0.2) is 9.78 Å². The second-order valence-corrected chi connectivity index (χ2v) is 7.78. The number of fused-ring (bicyclic) bond motifs is 1. The summed E-state index contributed by atoms with van der Waals surface area (Å²) in [7, 11) is 0. The third-order valence-corrected chi connectivity index (χ3v) is 4.29. The molecule has 1 aromatic heterocycles. The summed E-state index contributed by atoms with van der Waals surface area (Å²) < 4.78 is 5.31. The first kappa shape index (κ1) is 19.8. The molecule has 1 aromatic carbocycles. The number of benzene rings is 1. The number of anilines is 1. The summed E-state index contributed by atoms with van der Waals surface area (Å²) in [5.74, 6) is -1.37. The molecule has 3 rings (SSSR count). The summed E-state index contributed by atoms with van der Waals surface area (Å²) in [5, 5.41) is 2.66. The molecule has 1 aliphatic carbocycles. The molecule has 6 nitrogen and oxygen atoms in total. The minimum Gasteiger partial charge on any atom is -0.456 e. The molecule has 144 valence electrons. The van der Waals surface area contributed by atoms with Crippen LogP contribution in [0.4, 0.5) is 5.69 Å². The van der Waals surface area contributed by atoms with Gasteiger partial charge in [0, 0.05) is 11.4 Å². The molecule has 0 atom stereocenters. The van der Waals surface area contributed by atoms with E-state index in [0.29, 0.717) is 16.9 Å². The Morgan fingerprint density at radius 1 is 1.04 bits per heavy atom. The van der Waals surface area contributed by atoms with Gasteiger partial charge >= 0.3 is 5.97 Å². The SMILES string of the molecule is Cc1ccc2c(n1)C(=O)C(Cl)=C(Nc1ccc(C(=O)OC(C)(C)C)cc1)C2=O. The fourth-order valence-corrected chi connectivity index (χ4v) is 2.87. The van der Waals surface area contributed by atoms with Crippen LogP contribution in [0.5, 0.6) is 0 Å². The van der Waals surface area contributed by atoms with Crippen LogP contribution in [0.2, 0.25) is 0 Å². The third-order valence-electron chi connectivity index (χ3n) is 3.93. The van der Waals surface area contributed by atoms with E-state index in [1.54, 1.807) is 64.1 Å². The normalized spacial score (nSPS) is 14.0. The molecule has 1 N–H and O–H groups in total. The van der Waals surface area contributed by atoms with E-state index in [4.69, 9.17) is 16.3 Å². The number of hydrogen-bond donors (Lipinski definition) is 1. The van der Waals surface area contributed by atoms with Gasteiger partial charge < -0.3 is 10.1 Å². The topological polar surface area (TPSA) is 85.4 Å². The summed E-state index contributed by atoms with van der Waals surface area (Å²) in [5.41, 5.74) is 1.14. The number of rotatable bonds is 3.